The zero-order valence-electron chi connectivity index (χ0n) is 12.0. The van der Waals surface area contributed by atoms with Crippen LogP contribution in [-0.2, 0) is 4.79 Å². The maximum atomic E-state index is 12.0. The number of amides is 1. The summed E-state index contributed by atoms with van der Waals surface area (Å²) in [5.41, 5.74) is 0. The van der Waals surface area contributed by atoms with Crippen molar-refractivity contribution in [2.45, 2.75) is 71.3 Å². The minimum Gasteiger partial charge on any atom is -0.393 e. The van der Waals surface area contributed by atoms with Crippen molar-refractivity contribution in [2.75, 3.05) is 13.1 Å². The molecule has 0 aromatic carbocycles. The summed E-state index contributed by atoms with van der Waals surface area (Å²) in [4.78, 5) is 14.0. The molecule has 0 bridgehead atoms. The van der Waals surface area contributed by atoms with Gasteiger partial charge >= 0.3 is 0 Å². The lowest BCUT2D eigenvalue weighted by molar-refractivity contribution is -0.135. The number of rotatable bonds is 7. The lowest BCUT2D eigenvalue weighted by Crippen LogP contribution is -2.45. The van der Waals surface area contributed by atoms with E-state index in [1.807, 2.05) is 4.90 Å². The molecule has 3 nitrogen and oxygen atoms in total. The van der Waals surface area contributed by atoms with Gasteiger partial charge in [0.2, 0.25) is 5.91 Å². The van der Waals surface area contributed by atoms with Crippen LogP contribution in [0.5, 0.6) is 0 Å². The molecule has 0 aliphatic carbocycles. The quantitative estimate of drug-likeness (QED) is 0.711. The van der Waals surface area contributed by atoms with E-state index in [9.17, 15) is 9.90 Å². The van der Waals surface area contributed by atoms with Crippen LogP contribution in [0.25, 0.3) is 0 Å². The highest BCUT2D eigenvalue weighted by Gasteiger charge is 2.28. The van der Waals surface area contributed by atoms with Crippen LogP contribution in [0, 0.1) is 5.92 Å². The molecule has 3 heteroatoms. The Bertz CT molecular complexity index is 243. The molecule has 1 heterocycles. The molecule has 1 fully saturated rings. The molecule has 1 aliphatic rings. The molecule has 0 saturated carbocycles. The van der Waals surface area contributed by atoms with E-state index in [1.54, 1.807) is 0 Å². The third-order valence-electron chi connectivity index (χ3n) is 4.07. The van der Waals surface area contributed by atoms with Crippen molar-refractivity contribution in [3.8, 4) is 0 Å². The van der Waals surface area contributed by atoms with E-state index < -0.39 is 0 Å². The van der Waals surface area contributed by atoms with E-state index in [1.165, 1.54) is 25.7 Å². The van der Waals surface area contributed by atoms with Crippen molar-refractivity contribution in [1.29, 1.82) is 0 Å². The van der Waals surface area contributed by atoms with Gasteiger partial charge in [0, 0.05) is 25.4 Å². The second kappa shape index (κ2) is 8.52. The van der Waals surface area contributed by atoms with Gasteiger partial charge in [-0.3, -0.25) is 4.79 Å². The second-order valence-corrected chi connectivity index (χ2v) is 5.53. The summed E-state index contributed by atoms with van der Waals surface area (Å²) in [5, 5.41) is 9.80. The van der Waals surface area contributed by atoms with E-state index in [0.29, 0.717) is 6.42 Å². The minimum atomic E-state index is -0.205. The second-order valence-electron chi connectivity index (χ2n) is 5.53. The number of nitrogens with zero attached hydrogens (tertiary/aromatic N) is 1. The van der Waals surface area contributed by atoms with Crippen LogP contribution in [0.15, 0.2) is 0 Å². The summed E-state index contributed by atoms with van der Waals surface area (Å²) in [6.45, 7) is 5.79. The smallest absolute Gasteiger partial charge is 0.222 e. The molecule has 1 rings (SSSR count). The van der Waals surface area contributed by atoms with Crippen LogP contribution in [-0.4, -0.2) is 35.1 Å². The molecule has 1 amide bonds. The number of hydrogen-bond acceptors (Lipinski definition) is 2. The zero-order valence-corrected chi connectivity index (χ0v) is 12.0. The van der Waals surface area contributed by atoms with Crippen molar-refractivity contribution in [3.63, 3.8) is 0 Å². The van der Waals surface area contributed by atoms with Gasteiger partial charge in [-0.25, -0.2) is 0 Å². The Balaban J connectivity index is 2.21. The normalized spacial score (nSPS) is 24.3. The van der Waals surface area contributed by atoms with Gasteiger partial charge in [-0.15, -0.1) is 0 Å². The van der Waals surface area contributed by atoms with Gasteiger partial charge in [0.25, 0.3) is 0 Å². The lowest BCUT2D eigenvalue weighted by Gasteiger charge is -2.35. The first-order chi connectivity index (χ1) is 8.69. The van der Waals surface area contributed by atoms with Gasteiger partial charge in [-0.2, -0.15) is 0 Å². The molecule has 2 atom stereocenters. The van der Waals surface area contributed by atoms with Gasteiger partial charge < -0.3 is 10.0 Å². The van der Waals surface area contributed by atoms with E-state index in [4.69, 9.17) is 0 Å². The highest BCUT2D eigenvalue weighted by Crippen LogP contribution is 2.21. The van der Waals surface area contributed by atoms with E-state index in [-0.39, 0.29) is 17.9 Å². The lowest BCUT2D eigenvalue weighted by atomic mass is 9.92. The van der Waals surface area contributed by atoms with Gasteiger partial charge in [0.15, 0.2) is 0 Å². The monoisotopic (exact) mass is 255 g/mol. The Morgan fingerprint density at radius 1 is 1.22 bits per heavy atom. The number of carbonyl (C=O) groups is 1. The summed E-state index contributed by atoms with van der Waals surface area (Å²) in [6.07, 6.45) is 8.17. The predicted molar refractivity (Wildman–Crippen MR) is 74.4 cm³/mol. The first kappa shape index (κ1) is 15.5. The van der Waals surface area contributed by atoms with E-state index in [0.717, 1.165) is 32.4 Å². The summed E-state index contributed by atoms with van der Waals surface area (Å²) in [7, 11) is 0. The van der Waals surface area contributed by atoms with Gasteiger partial charge in [-0.1, -0.05) is 39.5 Å². The Kier molecular flexibility index (Phi) is 7.33. The number of aliphatic hydroxyl groups is 1. The molecule has 0 radical (unpaired) electrons. The van der Waals surface area contributed by atoms with Crippen LogP contribution in [0.4, 0.5) is 0 Å². The number of hydrogen-bond donors (Lipinski definition) is 1. The fourth-order valence-electron chi connectivity index (χ4n) is 2.69. The Hall–Kier alpha value is -0.570. The number of likely N-dealkylation sites (tertiary alicyclic amines) is 1. The molecule has 18 heavy (non-hydrogen) atoms. The van der Waals surface area contributed by atoms with Crippen molar-refractivity contribution in [3.05, 3.63) is 0 Å². The van der Waals surface area contributed by atoms with Gasteiger partial charge in [-0.05, 0) is 19.3 Å². The molecule has 0 aromatic heterocycles. The molecule has 1 aliphatic heterocycles. The average molecular weight is 255 g/mol. The third-order valence-corrected chi connectivity index (χ3v) is 4.07. The molecule has 1 N–H and O–H groups in total. The van der Waals surface area contributed by atoms with E-state index in [2.05, 4.69) is 13.8 Å². The average Bonchev–Trinajstić information content (AvgIpc) is 2.38. The molecular weight excluding hydrogens is 226 g/mol. The standard InChI is InChI=1S/C15H29NO2/c1-3-5-6-7-8-9-15(18)16-11-10-14(17)13(4-2)12-16/h13-14,17H,3-12H2,1-2H3. The molecule has 106 valence electrons. The SMILES string of the molecule is CCCCCCCC(=O)N1CCC(O)C(CC)C1. The fourth-order valence-corrected chi connectivity index (χ4v) is 2.69. The Labute approximate surface area is 112 Å². The summed E-state index contributed by atoms with van der Waals surface area (Å²) in [6, 6.07) is 0. The van der Waals surface area contributed by atoms with Crippen LogP contribution in [0.3, 0.4) is 0 Å². The Morgan fingerprint density at radius 2 is 1.94 bits per heavy atom. The predicted octanol–water partition coefficient (Wildman–Crippen LogP) is 2.97. The topological polar surface area (TPSA) is 40.5 Å². The number of piperidine rings is 1. The fraction of sp³-hybridized carbons (Fsp3) is 0.933. The van der Waals surface area contributed by atoms with Gasteiger partial charge in [0.05, 0.1) is 6.10 Å². The zero-order chi connectivity index (χ0) is 13.4. The molecule has 2 unspecified atom stereocenters. The van der Waals surface area contributed by atoms with E-state index >= 15 is 0 Å². The highest BCUT2D eigenvalue weighted by molar-refractivity contribution is 5.76. The number of unbranched alkanes of at least 4 members (excludes halogenated alkanes) is 4. The number of carbonyl (C=O) groups excluding carboxylic acids is 1. The van der Waals surface area contributed by atoms with Crippen LogP contribution < -0.4 is 0 Å². The molecule has 1 saturated heterocycles. The van der Waals surface area contributed by atoms with Crippen molar-refractivity contribution in [1.82, 2.24) is 4.90 Å². The summed E-state index contributed by atoms with van der Waals surface area (Å²) >= 11 is 0. The van der Waals surface area contributed by atoms with Crippen molar-refractivity contribution >= 4 is 5.91 Å². The molecule has 0 spiro atoms. The van der Waals surface area contributed by atoms with Crippen LogP contribution in [0.1, 0.15) is 65.2 Å². The van der Waals surface area contributed by atoms with Crippen LogP contribution >= 0.6 is 0 Å². The minimum absolute atomic E-state index is 0.205. The van der Waals surface area contributed by atoms with Crippen molar-refractivity contribution in [2.24, 2.45) is 5.92 Å². The van der Waals surface area contributed by atoms with Crippen molar-refractivity contribution < 1.29 is 9.90 Å². The maximum Gasteiger partial charge on any atom is 0.222 e. The highest BCUT2D eigenvalue weighted by atomic mass is 16.3. The molecular formula is C15H29NO2. The number of aliphatic hydroxyl groups excluding tert-OH is 1. The summed E-state index contributed by atoms with van der Waals surface area (Å²) in [5.74, 6) is 0.569. The summed E-state index contributed by atoms with van der Waals surface area (Å²) < 4.78 is 0. The maximum absolute atomic E-state index is 12.0. The first-order valence-electron chi connectivity index (χ1n) is 7.64. The largest absolute Gasteiger partial charge is 0.393 e. The third kappa shape index (κ3) is 4.97. The first-order valence-corrected chi connectivity index (χ1v) is 7.64. The Morgan fingerprint density at radius 3 is 2.61 bits per heavy atom. The molecule has 0 aromatic rings. The van der Waals surface area contributed by atoms with Gasteiger partial charge in [0.1, 0.15) is 0 Å². The van der Waals surface area contributed by atoms with Crippen LogP contribution in [0.2, 0.25) is 0 Å².